The molecule has 2 heterocycles. The zero-order valence-electron chi connectivity index (χ0n) is 23.5. The van der Waals surface area contributed by atoms with Gasteiger partial charge in [-0.15, -0.1) is 0 Å². The third-order valence-electron chi connectivity index (χ3n) is 7.31. The molecule has 5 atom stereocenters. The predicted molar refractivity (Wildman–Crippen MR) is 146 cm³/mol. The lowest BCUT2D eigenvalue weighted by Gasteiger charge is -2.37. The summed E-state index contributed by atoms with van der Waals surface area (Å²) in [6.07, 6.45) is -1.73. The summed E-state index contributed by atoms with van der Waals surface area (Å²) in [5, 5.41) is 46.0. The molecule has 0 spiro atoms. The second-order valence-electron chi connectivity index (χ2n) is 10.8. The summed E-state index contributed by atoms with van der Waals surface area (Å²) in [5.41, 5.74) is 0.703. The summed E-state index contributed by atoms with van der Waals surface area (Å²) >= 11 is 0. The number of aliphatic carboxylic acids is 2. The van der Waals surface area contributed by atoms with Gasteiger partial charge < -0.3 is 35.2 Å². The van der Waals surface area contributed by atoms with Crippen LogP contribution in [-0.4, -0.2) is 123 Å². The number of aliphatic hydroxyl groups is 3. The molecule has 0 aromatic heterocycles. The zero-order valence-corrected chi connectivity index (χ0v) is 23.5. The quantitative estimate of drug-likeness (QED) is 0.189. The van der Waals surface area contributed by atoms with Crippen LogP contribution in [-0.2, 0) is 19.2 Å². The van der Waals surface area contributed by atoms with Crippen molar-refractivity contribution in [2.45, 2.75) is 51.1 Å². The summed E-state index contributed by atoms with van der Waals surface area (Å²) < 4.78 is 19.7. The van der Waals surface area contributed by atoms with Crippen molar-refractivity contribution in [3.8, 4) is 5.75 Å². The fourth-order valence-corrected chi connectivity index (χ4v) is 5.37. The lowest BCUT2D eigenvalue weighted by Crippen LogP contribution is -2.50. The first kappa shape index (κ1) is 32.9. The van der Waals surface area contributed by atoms with E-state index in [1.807, 2.05) is 13.8 Å². The number of likely N-dealkylation sites (tertiary alicyclic amines) is 1. The first-order valence-electron chi connectivity index (χ1n) is 13.7. The average Bonchev–Trinajstić information content (AvgIpc) is 3.13. The monoisotopic (exact) mass is 595 g/mol. The number of aliphatic hydroxyl groups excluding tert-OH is 3. The van der Waals surface area contributed by atoms with Crippen LogP contribution in [0.25, 0.3) is 0 Å². The number of nitrogens with zero attached hydrogens (tertiary/aromatic N) is 3. The van der Waals surface area contributed by atoms with Gasteiger partial charge >= 0.3 is 11.9 Å². The summed E-state index contributed by atoms with van der Waals surface area (Å²) in [6.45, 7) is 6.51. The lowest BCUT2D eigenvalue weighted by molar-refractivity contribution is -0.142. The molecule has 14 heteroatoms. The van der Waals surface area contributed by atoms with E-state index in [4.69, 9.17) is 14.9 Å². The highest BCUT2D eigenvalue weighted by molar-refractivity contribution is 6.05. The maximum absolute atomic E-state index is 13.9. The number of imide groups is 1. The van der Waals surface area contributed by atoms with Crippen molar-refractivity contribution in [1.29, 1.82) is 0 Å². The number of carbonyl (C=O) groups is 4. The molecule has 0 radical (unpaired) electrons. The summed E-state index contributed by atoms with van der Waals surface area (Å²) in [6, 6.07) is 4.49. The lowest BCUT2D eigenvalue weighted by atomic mass is 9.78. The Kier molecular flexibility index (Phi) is 11.4. The van der Waals surface area contributed by atoms with Crippen LogP contribution >= 0.6 is 0 Å². The maximum Gasteiger partial charge on any atom is 0.328 e. The highest BCUT2D eigenvalue weighted by Crippen LogP contribution is 2.38. The average molecular weight is 596 g/mol. The molecule has 1 aromatic rings. The van der Waals surface area contributed by atoms with Crippen LogP contribution < -0.4 is 9.64 Å². The number of piperazine rings is 1. The van der Waals surface area contributed by atoms with E-state index < -0.39 is 42.1 Å². The first-order chi connectivity index (χ1) is 19.8. The molecular weight excluding hydrogens is 557 g/mol. The smallest absolute Gasteiger partial charge is 0.328 e. The molecule has 2 aliphatic heterocycles. The Hall–Kier alpha value is -3.59. The number of carboxylic acid groups (broad SMARTS) is 2. The second kappa shape index (κ2) is 14.5. The maximum atomic E-state index is 13.9. The molecule has 1 aromatic carbocycles. The van der Waals surface area contributed by atoms with Crippen molar-refractivity contribution in [2.24, 2.45) is 11.8 Å². The molecule has 5 unspecified atom stereocenters. The van der Waals surface area contributed by atoms with E-state index in [0.717, 1.165) is 4.90 Å². The Labute approximate surface area is 242 Å². The number of ether oxygens (including phenoxy) is 1. The van der Waals surface area contributed by atoms with E-state index in [2.05, 4.69) is 9.80 Å². The van der Waals surface area contributed by atoms with Gasteiger partial charge in [0, 0.05) is 50.9 Å². The van der Waals surface area contributed by atoms with Gasteiger partial charge in [-0.25, -0.2) is 14.0 Å². The molecule has 2 amide bonds. The predicted octanol–water partition coefficient (Wildman–Crippen LogP) is -0.0756. The van der Waals surface area contributed by atoms with Gasteiger partial charge in [0.25, 0.3) is 0 Å². The van der Waals surface area contributed by atoms with Gasteiger partial charge in [0.05, 0.1) is 48.5 Å². The van der Waals surface area contributed by atoms with Crippen LogP contribution in [0.5, 0.6) is 5.75 Å². The number of carboxylic acids is 2. The minimum absolute atomic E-state index is 0.0352. The number of benzene rings is 1. The summed E-state index contributed by atoms with van der Waals surface area (Å²) in [4.78, 5) is 49.7. The van der Waals surface area contributed by atoms with Crippen LogP contribution in [0.1, 0.15) is 26.7 Å². The van der Waals surface area contributed by atoms with Crippen molar-refractivity contribution in [2.75, 3.05) is 44.2 Å². The van der Waals surface area contributed by atoms with Gasteiger partial charge in [0.1, 0.15) is 11.6 Å². The van der Waals surface area contributed by atoms with E-state index in [9.17, 15) is 38.9 Å². The van der Waals surface area contributed by atoms with E-state index in [-0.39, 0.29) is 43.1 Å². The molecule has 3 fully saturated rings. The number of hydrogen-bond acceptors (Lipinski definition) is 10. The van der Waals surface area contributed by atoms with Gasteiger partial charge in [-0.05, 0) is 38.8 Å². The van der Waals surface area contributed by atoms with Crippen LogP contribution in [0, 0.1) is 17.7 Å². The normalized spacial score (nSPS) is 25.3. The first-order valence-corrected chi connectivity index (χ1v) is 13.7. The minimum atomic E-state index is -1.26. The van der Waals surface area contributed by atoms with Gasteiger partial charge in [-0.3, -0.25) is 19.4 Å². The van der Waals surface area contributed by atoms with Crippen molar-refractivity contribution in [3.63, 3.8) is 0 Å². The SMILES string of the molecule is CC(C)Oc1ccc(F)cc1N1CCN(CC(O)CN2C(=O)C3CC(O)C(O)CC3C2=O)CC1.O=C(O)C=CC(=O)O. The number of amides is 2. The van der Waals surface area contributed by atoms with Crippen molar-refractivity contribution >= 4 is 29.4 Å². The molecule has 3 aliphatic rings. The number of hydrogen-bond donors (Lipinski definition) is 5. The van der Waals surface area contributed by atoms with E-state index in [1.165, 1.54) is 12.1 Å². The largest absolute Gasteiger partial charge is 0.489 e. The Bertz CT molecular complexity index is 1130. The van der Waals surface area contributed by atoms with Crippen LogP contribution in [0.2, 0.25) is 0 Å². The Morgan fingerprint density at radius 3 is 1.95 bits per heavy atom. The molecule has 4 rings (SSSR count). The fourth-order valence-electron chi connectivity index (χ4n) is 5.37. The number of rotatable bonds is 9. The third kappa shape index (κ3) is 8.71. The van der Waals surface area contributed by atoms with E-state index in [0.29, 0.717) is 56.3 Å². The topological polar surface area (TPSA) is 188 Å². The van der Waals surface area contributed by atoms with E-state index in [1.54, 1.807) is 6.07 Å². The Balaban J connectivity index is 0.000000531. The second-order valence-corrected chi connectivity index (χ2v) is 10.8. The van der Waals surface area contributed by atoms with Crippen LogP contribution in [0.3, 0.4) is 0 Å². The van der Waals surface area contributed by atoms with Crippen molar-refractivity contribution in [1.82, 2.24) is 9.80 Å². The number of carbonyl (C=O) groups excluding carboxylic acids is 2. The van der Waals surface area contributed by atoms with E-state index >= 15 is 0 Å². The van der Waals surface area contributed by atoms with Crippen molar-refractivity contribution in [3.05, 3.63) is 36.2 Å². The third-order valence-corrected chi connectivity index (χ3v) is 7.31. The van der Waals surface area contributed by atoms with Gasteiger partial charge in [0.15, 0.2) is 0 Å². The molecule has 13 nitrogen and oxygen atoms in total. The van der Waals surface area contributed by atoms with Crippen molar-refractivity contribution < 1.29 is 53.8 Å². The number of β-amino-alcohol motifs (C(OH)–C–C–N with tert-alkyl or cyclic N) is 1. The Morgan fingerprint density at radius 1 is 0.952 bits per heavy atom. The standard InChI is InChI=1S/C24H34FN3O6.C4H4O4/c1-14(2)34-22-4-3-15(25)9-19(22)27-7-5-26(6-8-27)12-16(29)13-28-23(32)17-10-20(30)21(31)11-18(17)24(28)33;5-3(6)1-2-4(7)8/h3-4,9,14,16-18,20-21,29-31H,5-8,10-13H2,1-2H3;1-2H,(H,5,6)(H,7,8). The molecule has 0 bridgehead atoms. The van der Waals surface area contributed by atoms with Crippen LogP contribution in [0.4, 0.5) is 10.1 Å². The van der Waals surface area contributed by atoms with Gasteiger partial charge in [-0.2, -0.15) is 0 Å². The molecular formula is C28H38FN3O10. The molecule has 2 saturated heterocycles. The molecule has 42 heavy (non-hydrogen) atoms. The molecule has 1 saturated carbocycles. The number of fused-ring (bicyclic) bond motifs is 1. The highest BCUT2D eigenvalue weighted by atomic mass is 19.1. The summed E-state index contributed by atoms with van der Waals surface area (Å²) in [7, 11) is 0. The number of anilines is 1. The van der Waals surface area contributed by atoms with Gasteiger partial charge in [-0.1, -0.05) is 0 Å². The zero-order chi connectivity index (χ0) is 31.1. The van der Waals surface area contributed by atoms with Crippen LogP contribution in [0.15, 0.2) is 30.4 Å². The molecule has 232 valence electrons. The summed E-state index contributed by atoms with van der Waals surface area (Å²) in [5.74, 6) is -4.23. The fraction of sp³-hybridized carbons (Fsp3) is 0.571. The Morgan fingerprint density at radius 2 is 1.48 bits per heavy atom. The highest BCUT2D eigenvalue weighted by Gasteiger charge is 2.52. The minimum Gasteiger partial charge on any atom is -0.489 e. The molecule has 1 aliphatic carbocycles. The van der Waals surface area contributed by atoms with Gasteiger partial charge in [0.2, 0.25) is 11.8 Å². The molecule has 5 N–H and O–H groups in total. The number of halogens is 1.